The van der Waals surface area contributed by atoms with E-state index in [2.05, 4.69) is 201 Å². The molecule has 0 radical (unpaired) electrons. The van der Waals surface area contributed by atoms with Crippen molar-refractivity contribution in [3.63, 3.8) is 0 Å². The fourth-order valence-corrected chi connectivity index (χ4v) is 10.5. The number of hydrogen-bond donors (Lipinski definition) is 4. The maximum Gasteiger partial charge on any atom is 0.408 e. The Hall–Kier alpha value is -5.44. The highest BCUT2D eigenvalue weighted by atomic mass is 16.6. The van der Waals surface area contributed by atoms with E-state index < -0.39 is 23.3 Å². The van der Waals surface area contributed by atoms with Crippen LogP contribution in [0.2, 0.25) is 0 Å². The molecule has 7 rings (SSSR count). The minimum Gasteiger partial charge on any atom is -0.445 e. The lowest BCUT2D eigenvalue weighted by Crippen LogP contribution is -2.44. The average Bonchev–Trinajstić information content (AvgIpc) is 3.95. The zero-order valence-electron chi connectivity index (χ0n) is 46.5. The largest absolute Gasteiger partial charge is 0.445 e. The first kappa shape index (κ1) is 54.3. The van der Waals surface area contributed by atoms with Gasteiger partial charge in [0.15, 0.2) is 0 Å². The molecule has 5 aromatic carbocycles. The number of hydrogen-bond acceptors (Lipinski definition) is 6. The van der Waals surface area contributed by atoms with Crippen LogP contribution in [0.5, 0.6) is 0 Å². The Kier molecular flexibility index (Phi) is 15.7. The summed E-state index contributed by atoms with van der Waals surface area (Å²) in [6.07, 6.45) is -0.161. The molecule has 2 unspecified atom stereocenters. The minimum atomic E-state index is -0.775. The van der Waals surface area contributed by atoms with Gasteiger partial charge in [0.1, 0.15) is 12.2 Å². The molecule has 0 bridgehead atoms. The third-order valence-electron chi connectivity index (χ3n) is 15.3. The van der Waals surface area contributed by atoms with Crippen molar-refractivity contribution in [3.05, 3.63) is 177 Å². The maximum absolute atomic E-state index is 13.7. The summed E-state index contributed by atoms with van der Waals surface area (Å²) in [5, 5.41) is 13.8. The van der Waals surface area contributed by atoms with Gasteiger partial charge >= 0.3 is 12.2 Å². The van der Waals surface area contributed by atoms with Crippen LogP contribution in [0.4, 0.5) is 9.59 Å². The Labute approximate surface area is 433 Å². The lowest BCUT2D eigenvalue weighted by Gasteiger charge is -2.31. The van der Waals surface area contributed by atoms with Gasteiger partial charge in [0.25, 0.3) is 0 Å². The fraction of sp³-hybridized carbons (Fsp3) is 0.500. The molecule has 0 aliphatic carbocycles. The van der Waals surface area contributed by atoms with Crippen molar-refractivity contribution in [1.29, 1.82) is 0 Å². The van der Waals surface area contributed by atoms with E-state index in [1.807, 2.05) is 52.0 Å². The molecule has 2 saturated heterocycles. The molecule has 72 heavy (non-hydrogen) atoms. The Morgan fingerprint density at radius 3 is 0.931 bits per heavy atom. The van der Waals surface area contributed by atoms with E-state index in [-0.39, 0.29) is 57.8 Å². The first-order valence-electron chi connectivity index (χ1n) is 26.5. The summed E-state index contributed by atoms with van der Waals surface area (Å²) in [5.74, 6) is 0.169. The first-order chi connectivity index (χ1) is 33.5. The predicted molar refractivity (Wildman–Crippen MR) is 296 cm³/mol. The molecule has 2 heterocycles. The highest BCUT2D eigenvalue weighted by Crippen LogP contribution is 2.38. The highest BCUT2D eigenvalue weighted by molar-refractivity contribution is 5.70. The number of rotatable bonds is 12. The Morgan fingerprint density at radius 2 is 0.681 bits per heavy atom. The van der Waals surface area contributed by atoms with E-state index in [1.165, 1.54) is 44.5 Å². The quantitative estimate of drug-likeness (QED) is 0.0994. The Morgan fingerprint density at radius 1 is 0.417 bits per heavy atom. The number of nitrogens with one attached hydrogen (secondary N) is 4. The second-order valence-electron chi connectivity index (χ2n) is 26.1. The molecule has 2 aliphatic heterocycles. The van der Waals surface area contributed by atoms with Gasteiger partial charge in [-0.05, 0) is 105 Å². The molecule has 8 nitrogen and oxygen atoms in total. The van der Waals surface area contributed by atoms with E-state index in [4.69, 9.17) is 9.47 Å². The molecular formula is C64H86N4O4. The summed E-state index contributed by atoms with van der Waals surface area (Å²) in [6, 6.07) is 44.3. The van der Waals surface area contributed by atoms with Gasteiger partial charge in [0.05, 0.1) is 11.1 Å². The molecule has 2 aliphatic rings. The van der Waals surface area contributed by atoms with Crippen molar-refractivity contribution < 1.29 is 19.1 Å². The van der Waals surface area contributed by atoms with Crippen LogP contribution >= 0.6 is 0 Å². The minimum absolute atomic E-state index is 0.0568. The van der Waals surface area contributed by atoms with E-state index in [0.29, 0.717) is 25.9 Å². The molecule has 4 N–H and O–H groups in total. The number of benzene rings is 5. The molecular weight excluding hydrogens is 889 g/mol. The molecule has 386 valence electrons. The first-order valence-corrected chi connectivity index (χ1v) is 26.5. The van der Waals surface area contributed by atoms with Gasteiger partial charge in [-0.15, -0.1) is 0 Å². The average molecular weight is 975 g/mol. The van der Waals surface area contributed by atoms with Crippen molar-refractivity contribution >= 4 is 12.2 Å². The number of carbonyl (C=O) groups is 2. The lowest BCUT2D eigenvalue weighted by atomic mass is 9.80. The van der Waals surface area contributed by atoms with Gasteiger partial charge in [0.2, 0.25) is 0 Å². The van der Waals surface area contributed by atoms with Crippen LogP contribution in [0.3, 0.4) is 0 Å². The normalized spacial score (nSPS) is 19.1. The van der Waals surface area contributed by atoms with Gasteiger partial charge in [-0.25, -0.2) is 9.59 Å². The standard InChI is InChI=1S/C64H86N4O4/c1-59(2,3)45-28-20-41(21-29-45)55(42-22-30-46(31-23-42)60(4,5)6)53-37-51(39-65-53)71-57(69)67-63(13,14)49-18-17-19-50(36-49)64(15,16)68-58(70)72-52-38-54(66-40-52)56(43-24-32-47(33-25-43)61(7,8)9)44-26-34-48(35-27-44)62(10,11)12/h17-36,51-56,65-66H,37-40H2,1-16H3,(H,67,69)(H,68,70)/t51-,52-,53?,54?/m1/s1. The molecule has 5 aromatic rings. The molecule has 0 spiro atoms. The zero-order valence-corrected chi connectivity index (χ0v) is 46.5. The van der Waals surface area contributed by atoms with Crippen molar-refractivity contribution in [1.82, 2.24) is 21.3 Å². The van der Waals surface area contributed by atoms with Crippen LogP contribution in [-0.4, -0.2) is 49.6 Å². The second-order valence-corrected chi connectivity index (χ2v) is 26.1. The van der Waals surface area contributed by atoms with Crippen molar-refractivity contribution in [2.45, 2.75) is 192 Å². The number of amides is 2. The smallest absolute Gasteiger partial charge is 0.408 e. The summed E-state index contributed by atoms with van der Waals surface area (Å²) in [5.41, 5.74) is 10.6. The zero-order chi connectivity index (χ0) is 52.6. The number of ether oxygens (including phenoxy) is 2. The summed E-state index contributed by atoms with van der Waals surface area (Å²) < 4.78 is 12.4. The summed E-state index contributed by atoms with van der Waals surface area (Å²) >= 11 is 0. The van der Waals surface area contributed by atoms with Gasteiger partial charge in [0, 0.05) is 49.9 Å². The topological polar surface area (TPSA) is 101 Å². The lowest BCUT2D eigenvalue weighted by molar-refractivity contribution is 0.0970. The van der Waals surface area contributed by atoms with Gasteiger partial charge < -0.3 is 30.7 Å². The SMILES string of the molecule is CC(C)(C)c1ccc(C(c2ccc(C(C)(C)C)cc2)C2C[C@@H](OC(=O)NC(C)(C)c3cccc(C(C)(C)NC(=O)O[C@H]4CNC(C(c5ccc(C(C)(C)C)cc5)c5ccc(C(C)(C)C)cc5)C4)c3)CN2)cc1. The molecule has 0 saturated carbocycles. The molecule has 8 heteroatoms. The fourth-order valence-electron chi connectivity index (χ4n) is 10.5. The van der Waals surface area contributed by atoms with Gasteiger partial charge in [-0.1, -0.05) is 204 Å². The summed E-state index contributed by atoms with van der Waals surface area (Å²) in [4.78, 5) is 27.5. The van der Waals surface area contributed by atoms with Gasteiger partial charge in [-0.2, -0.15) is 0 Å². The van der Waals surface area contributed by atoms with Gasteiger partial charge in [-0.3, -0.25) is 0 Å². The number of carbonyl (C=O) groups excluding carboxylic acids is 2. The van der Waals surface area contributed by atoms with Crippen molar-refractivity contribution in [2.24, 2.45) is 0 Å². The summed E-state index contributed by atoms with van der Waals surface area (Å²) in [7, 11) is 0. The molecule has 2 fully saturated rings. The van der Waals surface area contributed by atoms with E-state index in [9.17, 15) is 9.59 Å². The molecule has 2 amide bonds. The Bertz CT molecular complexity index is 2330. The molecule has 0 aromatic heterocycles. The number of alkyl carbamates (subject to hydrolysis) is 2. The van der Waals surface area contributed by atoms with Crippen LogP contribution < -0.4 is 21.3 Å². The van der Waals surface area contributed by atoms with E-state index in [1.54, 1.807) is 0 Å². The van der Waals surface area contributed by atoms with Crippen LogP contribution in [0, 0.1) is 0 Å². The van der Waals surface area contributed by atoms with Crippen LogP contribution in [0.15, 0.2) is 121 Å². The second kappa shape index (κ2) is 20.8. The van der Waals surface area contributed by atoms with Crippen LogP contribution in [0.1, 0.15) is 191 Å². The van der Waals surface area contributed by atoms with E-state index >= 15 is 0 Å². The van der Waals surface area contributed by atoms with Crippen molar-refractivity contribution in [2.75, 3.05) is 13.1 Å². The maximum atomic E-state index is 13.7. The molecule has 4 atom stereocenters. The predicted octanol–water partition coefficient (Wildman–Crippen LogP) is 13.9. The van der Waals surface area contributed by atoms with Crippen LogP contribution in [0.25, 0.3) is 0 Å². The summed E-state index contributed by atoms with van der Waals surface area (Å²) in [6.45, 7) is 35.9. The third kappa shape index (κ3) is 13.2. The Balaban J connectivity index is 0.975. The third-order valence-corrected chi connectivity index (χ3v) is 15.3. The monoisotopic (exact) mass is 975 g/mol. The highest BCUT2D eigenvalue weighted by Gasteiger charge is 2.38. The van der Waals surface area contributed by atoms with Crippen molar-refractivity contribution in [3.8, 4) is 0 Å². The van der Waals surface area contributed by atoms with E-state index in [0.717, 1.165) is 11.1 Å². The van der Waals surface area contributed by atoms with Crippen LogP contribution in [-0.2, 0) is 42.2 Å².